The number of rotatable bonds is 7. The first-order valence-electron chi connectivity index (χ1n) is 8.04. The zero-order chi connectivity index (χ0) is 20.7. The summed E-state index contributed by atoms with van der Waals surface area (Å²) in [4.78, 5) is 26.6. The van der Waals surface area contributed by atoms with Gasteiger partial charge in [0.15, 0.2) is 0 Å². The van der Waals surface area contributed by atoms with Crippen molar-refractivity contribution in [3.63, 3.8) is 0 Å². The molecule has 1 heterocycles. The van der Waals surface area contributed by atoms with Crippen molar-refractivity contribution in [2.45, 2.75) is 38.7 Å². The van der Waals surface area contributed by atoms with E-state index in [0.717, 1.165) is 18.2 Å². The average Bonchev–Trinajstić information content (AvgIpc) is 2.50. The average molecular weight is 424 g/mol. The van der Waals surface area contributed by atoms with Gasteiger partial charge in [0.25, 0.3) is 5.92 Å². The second kappa shape index (κ2) is 9.85. The number of allylic oxidation sites excluding steroid dienone is 1. The molecule has 2 amide bonds. The topological polar surface area (TPSA) is 80.3 Å². The minimum absolute atomic E-state index is 0.174. The molecule has 0 aliphatic heterocycles. The van der Waals surface area contributed by atoms with Gasteiger partial charge in [-0.3, -0.25) is 4.79 Å². The van der Waals surface area contributed by atoms with E-state index >= 15 is 0 Å². The van der Waals surface area contributed by atoms with E-state index in [9.17, 15) is 18.4 Å². The highest BCUT2D eigenvalue weighted by molar-refractivity contribution is 6.32. The smallest absolute Gasteiger partial charge is 0.407 e. The fourth-order valence-electron chi connectivity index (χ4n) is 1.80. The van der Waals surface area contributed by atoms with E-state index in [-0.39, 0.29) is 23.4 Å². The lowest BCUT2D eigenvalue weighted by Crippen LogP contribution is -2.34. The molecule has 0 spiro atoms. The highest BCUT2D eigenvalue weighted by Crippen LogP contribution is 2.32. The van der Waals surface area contributed by atoms with Crippen LogP contribution < -0.4 is 10.6 Å². The zero-order valence-corrected chi connectivity index (χ0v) is 16.6. The molecule has 27 heavy (non-hydrogen) atoms. The lowest BCUT2D eigenvalue weighted by Gasteiger charge is -2.19. The fraction of sp³-hybridized carbons (Fsp3) is 0.471. The number of hydrogen-bond acceptors (Lipinski definition) is 4. The third kappa shape index (κ3) is 9.53. The van der Waals surface area contributed by atoms with Crippen LogP contribution in [0.15, 0.2) is 24.3 Å². The van der Waals surface area contributed by atoms with Crippen molar-refractivity contribution in [1.82, 2.24) is 15.6 Å². The number of amides is 2. The molecule has 0 aliphatic carbocycles. The minimum Gasteiger partial charge on any atom is -0.444 e. The van der Waals surface area contributed by atoms with Crippen molar-refractivity contribution in [2.24, 2.45) is 0 Å². The maximum Gasteiger partial charge on any atom is 0.407 e. The molecule has 1 aromatic rings. The lowest BCUT2D eigenvalue weighted by molar-refractivity contribution is -0.116. The van der Waals surface area contributed by atoms with Crippen LogP contribution in [0, 0.1) is 0 Å². The van der Waals surface area contributed by atoms with Gasteiger partial charge in [-0.05, 0) is 45.4 Å². The number of pyridine rings is 1. The predicted octanol–water partition coefficient (Wildman–Crippen LogP) is 4.07. The first-order chi connectivity index (χ1) is 12.4. The molecule has 1 aromatic heterocycles. The van der Waals surface area contributed by atoms with E-state index in [0.29, 0.717) is 12.5 Å². The van der Waals surface area contributed by atoms with Crippen LogP contribution in [0.5, 0.6) is 0 Å². The van der Waals surface area contributed by atoms with Crippen LogP contribution in [-0.4, -0.2) is 35.7 Å². The quantitative estimate of drug-likeness (QED) is 0.393. The first-order valence-corrected chi connectivity index (χ1v) is 8.80. The van der Waals surface area contributed by atoms with Gasteiger partial charge < -0.3 is 15.4 Å². The zero-order valence-electron chi connectivity index (χ0n) is 15.1. The summed E-state index contributed by atoms with van der Waals surface area (Å²) in [6, 6.07) is 1.94. The lowest BCUT2D eigenvalue weighted by atomic mass is 10.1. The molecule has 0 bridgehead atoms. The van der Waals surface area contributed by atoms with Gasteiger partial charge in [-0.2, -0.15) is 8.78 Å². The summed E-state index contributed by atoms with van der Waals surface area (Å²) in [7, 11) is 0. The molecule has 10 heteroatoms. The number of ether oxygens (including phenoxy) is 1. The van der Waals surface area contributed by atoms with Crippen LogP contribution in [0.1, 0.15) is 32.8 Å². The van der Waals surface area contributed by atoms with E-state index in [1.165, 1.54) is 0 Å². The van der Waals surface area contributed by atoms with Crippen LogP contribution in [0.4, 0.5) is 13.6 Å². The molecule has 0 radical (unpaired) electrons. The van der Waals surface area contributed by atoms with Crippen LogP contribution in [-0.2, 0) is 15.5 Å². The number of halogens is 4. The van der Waals surface area contributed by atoms with Crippen molar-refractivity contribution in [3.8, 4) is 0 Å². The summed E-state index contributed by atoms with van der Waals surface area (Å²) in [5, 5.41) is 4.61. The van der Waals surface area contributed by atoms with Gasteiger partial charge in [-0.1, -0.05) is 23.2 Å². The monoisotopic (exact) mass is 423 g/mol. The van der Waals surface area contributed by atoms with Gasteiger partial charge in [0.2, 0.25) is 5.91 Å². The second-order valence-electron chi connectivity index (χ2n) is 6.53. The van der Waals surface area contributed by atoms with Gasteiger partial charge in [-0.15, -0.1) is 0 Å². The number of hydrogen-bond donors (Lipinski definition) is 2. The molecule has 6 nitrogen and oxygen atoms in total. The van der Waals surface area contributed by atoms with E-state index in [1.54, 1.807) is 20.8 Å². The molecular weight excluding hydrogens is 403 g/mol. The number of nitrogens with zero attached hydrogens (tertiary/aromatic N) is 1. The van der Waals surface area contributed by atoms with E-state index in [1.807, 2.05) is 0 Å². The Morgan fingerprint density at radius 2 is 1.70 bits per heavy atom. The minimum atomic E-state index is -3.44. The van der Waals surface area contributed by atoms with Crippen molar-refractivity contribution in [1.29, 1.82) is 0 Å². The predicted molar refractivity (Wildman–Crippen MR) is 99.2 cm³/mol. The van der Waals surface area contributed by atoms with Gasteiger partial charge in [-0.25, -0.2) is 9.78 Å². The number of aromatic nitrogens is 1. The van der Waals surface area contributed by atoms with E-state index in [2.05, 4.69) is 15.6 Å². The van der Waals surface area contributed by atoms with Crippen LogP contribution >= 0.6 is 23.2 Å². The largest absolute Gasteiger partial charge is 0.444 e. The molecule has 0 saturated carbocycles. The number of carbonyl (C=O) groups excluding carboxylic acids is 2. The Balaban J connectivity index is 2.40. The van der Waals surface area contributed by atoms with Crippen molar-refractivity contribution < 1.29 is 23.1 Å². The maximum atomic E-state index is 14.1. The van der Waals surface area contributed by atoms with Crippen LogP contribution in [0.25, 0.3) is 0 Å². The third-order valence-electron chi connectivity index (χ3n) is 2.91. The van der Waals surface area contributed by atoms with Gasteiger partial charge >= 0.3 is 6.09 Å². The second-order valence-corrected chi connectivity index (χ2v) is 7.31. The standard InChI is InChI=1S/C17H21Cl2F2N3O3/c1-16(2,3)27-15(26)23-8-4-7-22-14(25)5-6-17(20,21)11-9-12(18)24-13(19)10-11/h5-6,9-10H,4,7-8H2,1-3H3,(H,22,25)(H,23,26)/b6-5+. The molecule has 0 fully saturated rings. The summed E-state index contributed by atoms with van der Waals surface area (Å²) in [5.74, 6) is -4.13. The Bertz CT molecular complexity index is 687. The molecule has 0 saturated heterocycles. The third-order valence-corrected chi connectivity index (χ3v) is 3.30. The molecule has 150 valence electrons. The normalized spacial score (nSPS) is 12.1. The van der Waals surface area contributed by atoms with Gasteiger partial charge in [0, 0.05) is 24.7 Å². The maximum absolute atomic E-state index is 14.1. The fourth-order valence-corrected chi connectivity index (χ4v) is 2.26. The number of alkyl carbamates (subject to hydrolysis) is 1. The molecular formula is C17H21Cl2F2N3O3. The molecule has 1 rings (SSSR count). The van der Waals surface area contributed by atoms with Gasteiger partial charge in [0.1, 0.15) is 15.9 Å². The van der Waals surface area contributed by atoms with Crippen LogP contribution in [0.3, 0.4) is 0 Å². The molecule has 0 aromatic carbocycles. The van der Waals surface area contributed by atoms with Crippen LogP contribution in [0.2, 0.25) is 10.3 Å². The molecule has 0 aliphatic rings. The Hall–Kier alpha value is -1.93. The SMILES string of the molecule is CC(C)(C)OC(=O)NCCCNC(=O)/C=C/C(F)(F)c1cc(Cl)nc(Cl)c1. The number of alkyl halides is 2. The Kier molecular flexibility index (Phi) is 8.43. The number of nitrogens with one attached hydrogen (secondary N) is 2. The molecule has 0 atom stereocenters. The summed E-state index contributed by atoms with van der Waals surface area (Å²) in [6.45, 7) is 5.68. The molecule has 0 unspecified atom stereocenters. The Morgan fingerprint density at radius 3 is 2.26 bits per heavy atom. The summed E-state index contributed by atoms with van der Waals surface area (Å²) in [6.07, 6.45) is 1.01. The molecule has 2 N–H and O–H groups in total. The Morgan fingerprint density at radius 1 is 1.15 bits per heavy atom. The van der Waals surface area contributed by atoms with Crippen molar-refractivity contribution in [2.75, 3.05) is 13.1 Å². The van der Waals surface area contributed by atoms with Gasteiger partial charge in [0.05, 0.1) is 0 Å². The summed E-state index contributed by atoms with van der Waals surface area (Å²) < 4.78 is 33.2. The van der Waals surface area contributed by atoms with E-state index < -0.39 is 29.1 Å². The summed E-state index contributed by atoms with van der Waals surface area (Å²) >= 11 is 11.2. The highest BCUT2D eigenvalue weighted by atomic mass is 35.5. The summed E-state index contributed by atoms with van der Waals surface area (Å²) in [5.41, 5.74) is -1.07. The van der Waals surface area contributed by atoms with Crippen molar-refractivity contribution >= 4 is 35.2 Å². The van der Waals surface area contributed by atoms with E-state index in [4.69, 9.17) is 27.9 Å². The highest BCUT2D eigenvalue weighted by Gasteiger charge is 2.29. The number of carbonyl (C=O) groups is 2. The van der Waals surface area contributed by atoms with Crippen molar-refractivity contribution in [3.05, 3.63) is 40.2 Å². The first kappa shape index (κ1) is 23.1. The Labute approximate surface area is 166 Å².